The zero-order chi connectivity index (χ0) is 18.5. The van der Waals surface area contributed by atoms with Crippen molar-refractivity contribution in [3.63, 3.8) is 0 Å². The number of benzene rings is 2. The third kappa shape index (κ3) is 3.34. The molecule has 3 nitrogen and oxygen atoms in total. The second kappa shape index (κ2) is 6.75. The van der Waals surface area contributed by atoms with Crippen molar-refractivity contribution in [1.29, 1.82) is 0 Å². The Hall–Kier alpha value is -1.65. The average molecular weight is 444 g/mol. The first-order chi connectivity index (χ1) is 13.1. The van der Waals surface area contributed by atoms with Gasteiger partial charge in [0.15, 0.2) is 0 Å². The minimum atomic E-state index is -0.245. The molecule has 0 saturated heterocycles. The highest BCUT2D eigenvalue weighted by atomic mass is 79.9. The molecule has 5 rings (SSSR count). The summed E-state index contributed by atoms with van der Waals surface area (Å²) >= 11 is 10.2. The van der Waals surface area contributed by atoms with Crippen molar-refractivity contribution in [2.24, 2.45) is 5.92 Å². The second-order valence-corrected chi connectivity index (χ2v) is 9.04. The molecule has 138 valence electrons. The number of halogens is 2. The molecule has 0 bridgehead atoms. The molecule has 0 N–H and O–H groups in total. The molecule has 2 aliphatic carbocycles. The van der Waals surface area contributed by atoms with Crippen molar-refractivity contribution in [2.75, 3.05) is 0 Å². The fraction of sp³-hybridized carbons (Fsp3) is 0.364. The number of rotatable bonds is 5. The molecule has 1 aromatic heterocycles. The van der Waals surface area contributed by atoms with Gasteiger partial charge in [-0.2, -0.15) is 4.98 Å². The van der Waals surface area contributed by atoms with E-state index in [1.165, 1.54) is 31.2 Å². The van der Waals surface area contributed by atoms with Crippen LogP contribution >= 0.6 is 27.5 Å². The summed E-state index contributed by atoms with van der Waals surface area (Å²) in [6, 6.07) is 11.8. The Balaban J connectivity index is 1.76. The van der Waals surface area contributed by atoms with Gasteiger partial charge in [0.2, 0.25) is 0 Å². The fourth-order valence-electron chi connectivity index (χ4n) is 3.83. The molecule has 0 spiro atoms. The van der Waals surface area contributed by atoms with Crippen molar-refractivity contribution in [2.45, 2.75) is 44.4 Å². The molecule has 0 amide bonds. The molecular formula is C22H20BrClN2O. The largest absolute Gasteiger partial charge is 0.352 e. The average Bonchev–Trinajstić information content (AvgIpc) is 3.54. The van der Waals surface area contributed by atoms with Crippen LogP contribution in [-0.2, 0) is 6.42 Å². The van der Waals surface area contributed by atoms with E-state index < -0.39 is 0 Å². The van der Waals surface area contributed by atoms with Gasteiger partial charge in [0, 0.05) is 9.86 Å². The summed E-state index contributed by atoms with van der Waals surface area (Å²) in [5.41, 5.74) is 3.55. The Morgan fingerprint density at radius 2 is 1.93 bits per heavy atom. The Bertz CT molecular complexity index is 1100. The number of hydrogen-bond acceptors (Lipinski definition) is 2. The van der Waals surface area contributed by atoms with Crippen LogP contribution in [0.15, 0.2) is 45.7 Å². The molecule has 5 heteroatoms. The van der Waals surface area contributed by atoms with Gasteiger partial charge in [-0.05, 0) is 67.3 Å². The predicted molar refractivity (Wildman–Crippen MR) is 113 cm³/mol. The summed E-state index contributed by atoms with van der Waals surface area (Å²) in [5.74, 6) is 1.39. The van der Waals surface area contributed by atoms with E-state index in [9.17, 15) is 4.79 Å². The maximum absolute atomic E-state index is 13.0. The molecule has 2 aromatic carbocycles. The lowest BCUT2D eigenvalue weighted by Gasteiger charge is -2.16. The third-order valence-electron chi connectivity index (χ3n) is 5.69. The van der Waals surface area contributed by atoms with E-state index in [0.29, 0.717) is 16.6 Å². The zero-order valence-electron chi connectivity index (χ0n) is 14.9. The molecule has 0 radical (unpaired) electrons. The number of nitrogens with zero attached hydrogens (tertiary/aromatic N) is 2. The van der Waals surface area contributed by atoms with Gasteiger partial charge in [0.1, 0.15) is 0 Å². The number of fused-ring (bicyclic) bond motifs is 1. The van der Waals surface area contributed by atoms with Crippen LogP contribution in [0.5, 0.6) is 0 Å². The van der Waals surface area contributed by atoms with Gasteiger partial charge in [0.05, 0.1) is 21.9 Å². The quantitative estimate of drug-likeness (QED) is 0.483. The molecule has 2 aliphatic rings. The Morgan fingerprint density at radius 1 is 1.15 bits per heavy atom. The molecule has 27 heavy (non-hydrogen) atoms. The Labute approximate surface area is 171 Å². The second-order valence-electron chi connectivity index (χ2n) is 7.78. The van der Waals surface area contributed by atoms with Crippen molar-refractivity contribution < 1.29 is 0 Å². The molecule has 3 aromatic rings. The van der Waals surface area contributed by atoms with Gasteiger partial charge < -0.3 is 0 Å². The molecule has 0 atom stereocenters. The van der Waals surface area contributed by atoms with E-state index in [-0.39, 0.29) is 5.69 Å². The molecular weight excluding hydrogens is 424 g/mol. The van der Waals surface area contributed by atoms with Crippen LogP contribution in [0.2, 0.25) is 5.02 Å². The van der Waals surface area contributed by atoms with Crippen LogP contribution in [0.1, 0.15) is 49.3 Å². The highest BCUT2D eigenvalue weighted by Crippen LogP contribution is 2.45. The maximum atomic E-state index is 13.0. The van der Waals surface area contributed by atoms with Crippen LogP contribution in [-0.4, -0.2) is 9.55 Å². The van der Waals surface area contributed by atoms with Crippen LogP contribution in [0, 0.1) is 5.92 Å². The Kier molecular flexibility index (Phi) is 4.36. The molecule has 0 aliphatic heterocycles. The highest BCUT2D eigenvalue weighted by Gasteiger charge is 2.28. The van der Waals surface area contributed by atoms with Crippen molar-refractivity contribution in [3.05, 3.63) is 67.6 Å². The first kappa shape index (κ1) is 17.4. The molecule has 1 heterocycles. The third-order valence-corrected chi connectivity index (χ3v) is 6.69. The van der Waals surface area contributed by atoms with Gasteiger partial charge in [0.25, 0.3) is 0 Å². The van der Waals surface area contributed by atoms with Gasteiger partial charge in [-0.1, -0.05) is 52.5 Å². The van der Waals surface area contributed by atoms with Crippen LogP contribution in [0.25, 0.3) is 16.6 Å². The summed E-state index contributed by atoms with van der Waals surface area (Å²) in [5, 5.41) is 1.61. The fourth-order valence-corrected chi connectivity index (χ4v) is 4.72. The van der Waals surface area contributed by atoms with Gasteiger partial charge in [-0.25, -0.2) is 4.79 Å². The molecule has 2 saturated carbocycles. The van der Waals surface area contributed by atoms with Crippen molar-refractivity contribution in [1.82, 2.24) is 9.55 Å². The number of aryl methyl sites for hydroxylation is 1. The summed E-state index contributed by atoms with van der Waals surface area (Å²) in [6.07, 6.45) is 7.00. The van der Waals surface area contributed by atoms with Gasteiger partial charge in [-0.3, -0.25) is 4.57 Å². The van der Waals surface area contributed by atoms with E-state index in [0.717, 1.165) is 39.8 Å². The van der Waals surface area contributed by atoms with Gasteiger partial charge >= 0.3 is 5.69 Å². The van der Waals surface area contributed by atoms with Gasteiger partial charge in [-0.15, -0.1) is 0 Å². The van der Waals surface area contributed by atoms with Crippen LogP contribution < -0.4 is 5.69 Å². The lowest BCUT2D eigenvalue weighted by Crippen LogP contribution is -2.24. The highest BCUT2D eigenvalue weighted by molar-refractivity contribution is 9.10. The van der Waals surface area contributed by atoms with Crippen molar-refractivity contribution >= 4 is 38.4 Å². The normalized spacial score (nSPS) is 16.8. The minimum Gasteiger partial charge on any atom is -0.259 e. The topological polar surface area (TPSA) is 34.9 Å². The van der Waals surface area contributed by atoms with Crippen molar-refractivity contribution in [3.8, 4) is 5.69 Å². The Morgan fingerprint density at radius 3 is 2.63 bits per heavy atom. The van der Waals surface area contributed by atoms with E-state index in [4.69, 9.17) is 11.6 Å². The summed E-state index contributed by atoms with van der Waals surface area (Å²) in [7, 11) is 0. The summed E-state index contributed by atoms with van der Waals surface area (Å²) < 4.78 is 2.80. The number of hydrogen-bond donors (Lipinski definition) is 0. The molecule has 2 fully saturated rings. The first-order valence-corrected chi connectivity index (χ1v) is 10.8. The van der Waals surface area contributed by atoms with E-state index in [1.807, 2.05) is 24.3 Å². The maximum Gasteiger partial charge on any atom is 0.352 e. The van der Waals surface area contributed by atoms with Crippen LogP contribution in [0.3, 0.4) is 0 Å². The number of para-hydroxylation sites is 1. The molecule has 0 unspecified atom stereocenters. The lowest BCUT2D eigenvalue weighted by atomic mass is 10.0. The summed E-state index contributed by atoms with van der Waals surface area (Å²) in [6.45, 7) is 0. The first-order valence-electron chi connectivity index (χ1n) is 9.62. The van der Waals surface area contributed by atoms with E-state index >= 15 is 0 Å². The summed E-state index contributed by atoms with van der Waals surface area (Å²) in [4.78, 5) is 17.5. The number of aromatic nitrogens is 2. The van der Waals surface area contributed by atoms with Crippen LogP contribution in [0.4, 0.5) is 0 Å². The zero-order valence-corrected chi connectivity index (χ0v) is 17.3. The lowest BCUT2D eigenvalue weighted by molar-refractivity contribution is 0.711. The smallest absolute Gasteiger partial charge is 0.259 e. The standard InChI is InChI=1S/C22H20BrClN2O/c23-17-11-16-19(10-7-13-5-6-13)25-22(27)26(20-4-2-1-3-18(20)24)21(16)12-15(17)14-8-9-14/h1-4,11-14H,5-10H2. The monoisotopic (exact) mass is 442 g/mol. The van der Waals surface area contributed by atoms with E-state index in [1.54, 1.807) is 4.57 Å². The predicted octanol–water partition coefficient (Wildman–Crippen LogP) is 6.02. The van der Waals surface area contributed by atoms with E-state index in [2.05, 4.69) is 33.0 Å². The SMILES string of the molecule is O=c1nc(CCC2CC2)c2cc(Br)c(C3CC3)cc2n1-c1ccccc1Cl. The minimum absolute atomic E-state index is 0.245.